The van der Waals surface area contributed by atoms with Gasteiger partial charge in [-0.25, -0.2) is 4.79 Å². The highest BCUT2D eigenvalue weighted by Crippen LogP contribution is 2.28. The Balaban J connectivity index is 2.12. The zero-order valence-corrected chi connectivity index (χ0v) is 10.7. The number of nitro groups is 1. The van der Waals surface area contributed by atoms with E-state index in [9.17, 15) is 19.3 Å². The van der Waals surface area contributed by atoms with Crippen LogP contribution in [0.15, 0.2) is 39.8 Å². The van der Waals surface area contributed by atoms with E-state index in [0.29, 0.717) is 5.09 Å². The highest BCUT2D eigenvalue weighted by Gasteiger charge is 2.17. The fraction of sp³-hybridized carbons (Fsp3) is 0.0833. The molecule has 0 saturated heterocycles. The third-order valence-electron chi connectivity index (χ3n) is 2.42. The lowest BCUT2D eigenvalue weighted by atomic mass is 10.2. The molecule has 0 spiro atoms. The van der Waals surface area contributed by atoms with Crippen molar-refractivity contribution in [3.63, 3.8) is 0 Å². The number of hydrogen-bond donors (Lipinski definition) is 1. The van der Waals surface area contributed by atoms with Crippen LogP contribution >= 0.6 is 11.8 Å². The molecule has 0 fully saturated rings. The highest BCUT2D eigenvalue weighted by molar-refractivity contribution is 7.98. The second-order valence-corrected chi connectivity index (χ2v) is 4.70. The van der Waals surface area contributed by atoms with E-state index < -0.39 is 22.4 Å². The Morgan fingerprint density at radius 2 is 2.15 bits per heavy atom. The van der Waals surface area contributed by atoms with Gasteiger partial charge in [-0.1, -0.05) is 23.9 Å². The maximum absolute atomic E-state index is 13.8. The van der Waals surface area contributed by atoms with Gasteiger partial charge in [0.1, 0.15) is 0 Å². The summed E-state index contributed by atoms with van der Waals surface area (Å²) in [5.74, 6) is -2.21. The summed E-state index contributed by atoms with van der Waals surface area (Å²) in [4.78, 5) is 20.4. The Labute approximate surface area is 116 Å². The third-order valence-corrected chi connectivity index (χ3v) is 3.38. The Kier molecular flexibility index (Phi) is 4.04. The molecule has 1 heterocycles. The number of carboxylic acids is 1. The van der Waals surface area contributed by atoms with Crippen LogP contribution in [-0.4, -0.2) is 16.0 Å². The number of carbonyl (C=O) groups is 1. The van der Waals surface area contributed by atoms with Gasteiger partial charge in [-0.2, -0.15) is 4.39 Å². The number of hydrogen-bond acceptors (Lipinski definition) is 5. The van der Waals surface area contributed by atoms with Crippen molar-refractivity contribution in [3.8, 4) is 0 Å². The van der Waals surface area contributed by atoms with Gasteiger partial charge in [0.05, 0.1) is 4.92 Å². The summed E-state index contributed by atoms with van der Waals surface area (Å²) in [7, 11) is 0. The molecular formula is C12H8FNO5S. The fourth-order valence-corrected chi connectivity index (χ4v) is 2.31. The first-order chi connectivity index (χ1) is 9.49. The molecule has 0 amide bonds. The van der Waals surface area contributed by atoms with Gasteiger partial charge in [0.2, 0.25) is 11.6 Å². The first-order valence-corrected chi connectivity index (χ1v) is 6.35. The van der Waals surface area contributed by atoms with Crippen molar-refractivity contribution in [3.05, 3.63) is 57.6 Å². The molecule has 0 aliphatic rings. The van der Waals surface area contributed by atoms with Crippen molar-refractivity contribution in [1.29, 1.82) is 0 Å². The first-order valence-electron chi connectivity index (χ1n) is 5.36. The lowest BCUT2D eigenvalue weighted by molar-refractivity contribution is -0.387. The number of carboxylic acid groups (broad SMARTS) is 1. The number of aromatic carboxylic acids is 1. The van der Waals surface area contributed by atoms with E-state index in [4.69, 9.17) is 9.52 Å². The van der Waals surface area contributed by atoms with Gasteiger partial charge in [-0.3, -0.25) is 10.1 Å². The van der Waals surface area contributed by atoms with E-state index in [1.165, 1.54) is 24.3 Å². The molecule has 8 heteroatoms. The van der Waals surface area contributed by atoms with Gasteiger partial charge < -0.3 is 9.52 Å². The van der Waals surface area contributed by atoms with Gasteiger partial charge in [0, 0.05) is 17.4 Å². The number of rotatable bonds is 5. The third kappa shape index (κ3) is 2.97. The summed E-state index contributed by atoms with van der Waals surface area (Å²) in [5.41, 5.74) is -0.439. The molecular weight excluding hydrogens is 289 g/mol. The molecule has 0 unspecified atom stereocenters. The quantitative estimate of drug-likeness (QED) is 0.517. The van der Waals surface area contributed by atoms with Gasteiger partial charge in [-0.15, -0.1) is 0 Å². The summed E-state index contributed by atoms with van der Waals surface area (Å²) in [6, 6.07) is 6.63. The standard InChI is InChI=1S/C12H8FNO5S/c13-11-7(2-1-3-8(11)14(17)18)6-20-10-5-4-9(19-10)12(15)16/h1-5H,6H2,(H,15,16). The van der Waals surface area contributed by atoms with E-state index >= 15 is 0 Å². The second-order valence-electron chi connectivity index (χ2n) is 3.72. The fourth-order valence-electron chi connectivity index (χ4n) is 1.48. The predicted octanol–water partition coefficient (Wildman–Crippen LogP) is 3.32. The van der Waals surface area contributed by atoms with Crippen molar-refractivity contribution < 1.29 is 23.6 Å². The Morgan fingerprint density at radius 3 is 2.75 bits per heavy atom. The number of benzene rings is 1. The Bertz CT molecular complexity index is 670. The van der Waals surface area contributed by atoms with Crippen LogP contribution in [-0.2, 0) is 5.75 Å². The number of thioether (sulfide) groups is 1. The zero-order chi connectivity index (χ0) is 14.7. The Hall–Kier alpha value is -2.35. The lowest BCUT2D eigenvalue weighted by Gasteiger charge is -2.02. The van der Waals surface area contributed by atoms with Crippen molar-refractivity contribution in [1.82, 2.24) is 0 Å². The first kappa shape index (κ1) is 14.1. The average molecular weight is 297 g/mol. The number of nitro benzene ring substituents is 1. The topological polar surface area (TPSA) is 93.6 Å². The minimum atomic E-state index is -1.20. The van der Waals surface area contributed by atoms with Crippen LogP contribution in [0.25, 0.3) is 0 Å². The number of nitrogens with zero attached hydrogens (tertiary/aromatic N) is 1. The van der Waals surface area contributed by atoms with E-state index in [1.54, 1.807) is 0 Å². The predicted molar refractivity (Wildman–Crippen MR) is 68.3 cm³/mol. The molecule has 2 rings (SSSR count). The number of halogens is 1. The van der Waals surface area contributed by atoms with E-state index in [0.717, 1.165) is 17.8 Å². The summed E-state index contributed by atoms with van der Waals surface area (Å²) >= 11 is 1.05. The molecule has 104 valence electrons. The normalized spacial score (nSPS) is 10.4. The molecule has 0 aliphatic carbocycles. The van der Waals surface area contributed by atoms with Gasteiger partial charge in [0.15, 0.2) is 5.09 Å². The average Bonchev–Trinajstić information content (AvgIpc) is 2.86. The lowest BCUT2D eigenvalue weighted by Crippen LogP contribution is -1.96. The monoisotopic (exact) mass is 297 g/mol. The van der Waals surface area contributed by atoms with Crippen molar-refractivity contribution in [2.45, 2.75) is 10.8 Å². The van der Waals surface area contributed by atoms with Crippen LogP contribution in [0.1, 0.15) is 16.1 Å². The second kappa shape index (κ2) is 5.74. The summed E-state index contributed by atoms with van der Waals surface area (Å²) in [5, 5.41) is 19.6. The van der Waals surface area contributed by atoms with Crippen LogP contribution in [0.2, 0.25) is 0 Å². The minimum absolute atomic E-state index is 0.0973. The SMILES string of the molecule is O=C(O)c1ccc(SCc2cccc([N+](=O)[O-])c2F)o1. The van der Waals surface area contributed by atoms with E-state index in [-0.39, 0.29) is 17.1 Å². The molecule has 1 N–H and O–H groups in total. The molecule has 6 nitrogen and oxygen atoms in total. The number of furan rings is 1. The zero-order valence-electron chi connectivity index (χ0n) is 9.91. The minimum Gasteiger partial charge on any atom is -0.475 e. The van der Waals surface area contributed by atoms with Crippen molar-refractivity contribution >= 4 is 23.4 Å². The van der Waals surface area contributed by atoms with Crippen molar-refractivity contribution in [2.75, 3.05) is 0 Å². The van der Waals surface area contributed by atoms with Crippen LogP contribution in [0.3, 0.4) is 0 Å². The smallest absolute Gasteiger partial charge is 0.371 e. The van der Waals surface area contributed by atoms with Gasteiger partial charge in [0.25, 0.3) is 0 Å². The summed E-state index contributed by atoms with van der Waals surface area (Å²) < 4.78 is 18.8. The summed E-state index contributed by atoms with van der Waals surface area (Å²) in [6.07, 6.45) is 0. The maximum Gasteiger partial charge on any atom is 0.371 e. The molecule has 0 atom stereocenters. The van der Waals surface area contributed by atoms with Crippen LogP contribution < -0.4 is 0 Å². The van der Waals surface area contributed by atoms with Crippen molar-refractivity contribution in [2.24, 2.45) is 0 Å². The van der Waals surface area contributed by atoms with E-state index in [2.05, 4.69) is 0 Å². The maximum atomic E-state index is 13.8. The molecule has 0 saturated carbocycles. The molecule has 1 aromatic carbocycles. The molecule has 0 radical (unpaired) electrons. The summed E-state index contributed by atoms with van der Waals surface area (Å²) in [6.45, 7) is 0. The molecule has 1 aromatic heterocycles. The van der Waals surface area contributed by atoms with Crippen LogP contribution in [0, 0.1) is 15.9 Å². The van der Waals surface area contributed by atoms with Crippen LogP contribution in [0.4, 0.5) is 10.1 Å². The van der Waals surface area contributed by atoms with Crippen LogP contribution in [0.5, 0.6) is 0 Å². The van der Waals surface area contributed by atoms with Gasteiger partial charge in [-0.05, 0) is 12.1 Å². The molecule has 2 aromatic rings. The van der Waals surface area contributed by atoms with Gasteiger partial charge >= 0.3 is 11.7 Å². The Morgan fingerprint density at radius 1 is 1.40 bits per heavy atom. The molecule has 0 bridgehead atoms. The molecule has 20 heavy (non-hydrogen) atoms. The van der Waals surface area contributed by atoms with E-state index in [1.807, 2.05) is 0 Å². The highest BCUT2D eigenvalue weighted by atomic mass is 32.2. The largest absolute Gasteiger partial charge is 0.475 e. The molecule has 0 aliphatic heterocycles.